The summed E-state index contributed by atoms with van der Waals surface area (Å²) < 4.78 is 5.14. The highest BCUT2D eigenvalue weighted by Gasteiger charge is 2.24. The van der Waals surface area contributed by atoms with Gasteiger partial charge in [0.1, 0.15) is 5.60 Å². The lowest BCUT2D eigenvalue weighted by Gasteiger charge is -2.22. The van der Waals surface area contributed by atoms with Crippen LogP contribution < -0.4 is 5.73 Å². The summed E-state index contributed by atoms with van der Waals surface area (Å²) >= 11 is 0. The molecule has 0 aromatic carbocycles. The summed E-state index contributed by atoms with van der Waals surface area (Å²) in [7, 11) is 0. The van der Waals surface area contributed by atoms with Crippen LogP contribution in [0.4, 0.5) is 0 Å². The van der Waals surface area contributed by atoms with E-state index in [0.29, 0.717) is 6.42 Å². The van der Waals surface area contributed by atoms with E-state index in [1.165, 1.54) is 0 Å². The van der Waals surface area contributed by atoms with Crippen LogP contribution in [-0.2, 0) is 14.3 Å². The maximum atomic E-state index is 11.5. The molecule has 0 heterocycles. The highest BCUT2D eigenvalue weighted by atomic mass is 16.6. The van der Waals surface area contributed by atoms with Gasteiger partial charge in [0, 0.05) is 6.42 Å². The van der Waals surface area contributed by atoms with Crippen LogP contribution in [0, 0.1) is 5.92 Å². The van der Waals surface area contributed by atoms with Gasteiger partial charge in [0.15, 0.2) is 0 Å². The minimum atomic E-state index is -0.512. The van der Waals surface area contributed by atoms with E-state index >= 15 is 0 Å². The van der Waals surface area contributed by atoms with E-state index in [9.17, 15) is 9.59 Å². The maximum absolute atomic E-state index is 11.5. The summed E-state index contributed by atoms with van der Waals surface area (Å²) in [6.07, 6.45) is 0.628. The van der Waals surface area contributed by atoms with Crippen LogP contribution in [-0.4, -0.2) is 17.5 Å². The molecule has 1 atom stereocenters. The maximum Gasteiger partial charge on any atom is 0.309 e. The number of nitrogens with two attached hydrogens (primary N) is 1. The van der Waals surface area contributed by atoms with E-state index in [1.54, 1.807) is 20.8 Å². The fourth-order valence-corrected chi connectivity index (χ4v) is 1.02. The zero-order valence-corrected chi connectivity index (χ0v) is 9.29. The van der Waals surface area contributed by atoms with Gasteiger partial charge >= 0.3 is 5.97 Å². The van der Waals surface area contributed by atoms with Gasteiger partial charge < -0.3 is 10.5 Å². The molecule has 14 heavy (non-hydrogen) atoms. The minimum absolute atomic E-state index is 0.0609. The van der Waals surface area contributed by atoms with Crippen molar-refractivity contribution in [2.75, 3.05) is 0 Å². The number of carbonyl (C=O) groups excluding carboxylic acids is 2. The number of rotatable bonds is 4. The Hall–Kier alpha value is -1.06. The number of primary amides is 1. The highest BCUT2D eigenvalue weighted by molar-refractivity contribution is 5.82. The molecular weight excluding hydrogens is 182 g/mol. The zero-order valence-electron chi connectivity index (χ0n) is 9.29. The number of carbonyl (C=O) groups is 2. The Morgan fingerprint density at radius 2 is 1.86 bits per heavy atom. The third-order valence-electron chi connectivity index (χ3n) is 1.68. The summed E-state index contributed by atoms with van der Waals surface area (Å²) in [5, 5.41) is 0. The lowest BCUT2D eigenvalue weighted by Crippen LogP contribution is -2.30. The standard InChI is InChI=1S/C10H19NO3/c1-5-7(6-8(11)12)9(13)14-10(2,3)4/h7H,5-6H2,1-4H3,(H2,11,12). The summed E-state index contributed by atoms with van der Waals surface area (Å²) in [6, 6.07) is 0. The molecule has 0 spiro atoms. The van der Waals surface area contributed by atoms with Crippen molar-refractivity contribution < 1.29 is 14.3 Å². The molecule has 0 bridgehead atoms. The van der Waals surface area contributed by atoms with Crippen LogP contribution >= 0.6 is 0 Å². The number of ether oxygens (including phenoxy) is 1. The van der Waals surface area contributed by atoms with Crippen molar-refractivity contribution >= 4 is 11.9 Å². The average molecular weight is 201 g/mol. The molecular formula is C10H19NO3. The SMILES string of the molecule is CCC(CC(N)=O)C(=O)OC(C)(C)C. The number of amides is 1. The van der Waals surface area contributed by atoms with Gasteiger partial charge in [0.05, 0.1) is 5.92 Å². The lowest BCUT2D eigenvalue weighted by molar-refractivity contribution is -0.161. The second-order valence-corrected chi connectivity index (χ2v) is 4.31. The van der Waals surface area contributed by atoms with Crippen LogP contribution in [0.25, 0.3) is 0 Å². The van der Waals surface area contributed by atoms with E-state index in [1.807, 2.05) is 6.92 Å². The van der Waals surface area contributed by atoms with Gasteiger partial charge in [0.2, 0.25) is 5.91 Å². The monoisotopic (exact) mass is 201 g/mol. The Bertz CT molecular complexity index is 218. The second kappa shape index (κ2) is 4.98. The molecule has 1 unspecified atom stereocenters. The molecule has 0 saturated heterocycles. The van der Waals surface area contributed by atoms with E-state index in [-0.39, 0.29) is 12.4 Å². The normalized spacial score (nSPS) is 13.4. The van der Waals surface area contributed by atoms with Crippen LogP contribution in [0.3, 0.4) is 0 Å². The van der Waals surface area contributed by atoms with E-state index in [2.05, 4.69) is 0 Å². The quantitative estimate of drug-likeness (QED) is 0.695. The molecule has 0 saturated carbocycles. The first-order valence-corrected chi connectivity index (χ1v) is 4.77. The van der Waals surface area contributed by atoms with Gasteiger partial charge in [-0.3, -0.25) is 9.59 Å². The molecule has 4 nitrogen and oxygen atoms in total. The minimum Gasteiger partial charge on any atom is -0.460 e. The summed E-state index contributed by atoms with van der Waals surface area (Å²) in [5.74, 6) is -1.23. The largest absolute Gasteiger partial charge is 0.460 e. The molecule has 0 aliphatic carbocycles. The van der Waals surface area contributed by atoms with E-state index in [0.717, 1.165) is 0 Å². The van der Waals surface area contributed by atoms with Crippen molar-refractivity contribution in [1.82, 2.24) is 0 Å². The Morgan fingerprint density at radius 3 is 2.14 bits per heavy atom. The molecule has 1 amide bonds. The zero-order chi connectivity index (χ0) is 11.4. The Balaban J connectivity index is 4.25. The van der Waals surface area contributed by atoms with Crippen molar-refractivity contribution in [2.45, 2.75) is 46.1 Å². The van der Waals surface area contributed by atoms with Crippen molar-refractivity contribution in [3.8, 4) is 0 Å². The highest BCUT2D eigenvalue weighted by Crippen LogP contribution is 2.15. The van der Waals surface area contributed by atoms with Gasteiger partial charge in [-0.25, -0.2) is 0 Å². The van der Waals surface area contributed by atoms with Gasteiger partial charge in [-0.15, -0.1) is 0 Å². The molecule has 0 fully saturated rings. The third-order valence-corrected chi connectivity index (χ3v) is 1.68. The molecule has 0 aliphatic rings. The smallest absolute Gasteiger partial charge is 0.309 e. The number of hydrogen-bond acceptors (Lipinski definition) is 3. The van der Waals surface area contributed by atoms with Gasteiger partial charge in [-0.1, -0.05) is 6.92 Å². The molecule has 0 rings (SSSR count). The number of esters is 1. The van der Waals surface area contributed by atoms with Crippen molar-refractivity contribution in [1.29, 1.82) is 0 Å². The summed E-state index contributed by atoms with van der Waals surface area (Å²) in [4.78, 5) is 22.1. The summed E-state index contributed by atoms with van der Waals surface area (Å²) in [6.45, 7) is 7.21. The Morgan fingerprint density at radius 1 is 1.36 bits per heavy atom. The lowest BCUT2D eigenvalue weighted by atomic mass is 10.0. The van der Waals surface area contributed by atoms with Crippen molar-refractivity contribution in [2.24, 2.45) is 11.7 Å². The molecule has 82 valence electrons. The second-order valence-electron chi connectivity index (χ2n) is 4.31. The van der Waals surface area contributed by atoms with Gasteiger partial charge in [-0.2, -0.15) is 0 Å². The third kappa shape index (κ3) is 5.56. The van der Waals surface area contributed by atoms with E-state index in [4.69, 9.17) is 10.5 Å². The molecule has 0 radical (unpaired) electrons. The molecule has 0 aromatic rings. The summed E-state index contributed by atoms with van der Waals surface area (Å²) in [5.41, 5.74) is 4.51. The first kappa shape index (κ1) is 12.9. The van der Waals surface area contributed by atoms with Crippen LogP contribution in [0.5, 0.6) is 0 Å². The topological polar surface area (TPSA) is 69.4 Å². The predicted molar refractivity (Wildman–Crippen MR) is 53.4 cm³/mol. The first-order valence-electron chi connectivity index (χ1n) is 4.77. The Kier molecular flexibility index (Phi) is 4.60. The molecule has 2 N–H and O–H groups in total. The molecule has 0 aliphatic heterocycles. The predicted octanol–water partition coefficient (Wildman–Crippen LogP) is 1.23. The fourth-order valence-electron chi connectivity index (χ4n) is 1.02. The van der Waals surface area contributed by atoms with Crippen molar-refractivity contribution in [3.63, 3.8) is 0 Å². The fraction of sp³-hybridized carbons (Fsp3) is 0.800. The van der Waals surface area contributed by atoms with Crippen molar-refractivity contribution in [3.05, 3.63) is 0 Å². The molecule has 4 heteroatoms. The number of hydrogen-bond donors (Lipinski definition) is 1. The van der Waals surface area contributed by atoms with Gasteiger partial charge in [-0.05, 0) is 27.2 Å². The van der Waals surface area contributed by atoms with Crippen LogP contribution in [0.2, 0.25) is 0 Å². The first-order chi connectivity index (χ1) is 6.26. The average Bonchev–Trinajstić information content (AvgIpc) is 1.96. The van der Waals surface area contributed by atoms with Crippen LogP contribution in [0.1, 0.15) is 40.5 Å². The van der Waals surface area contributed by atoms with E-state index < -0.39 is 17.4 Å². The molecule has 0 aromatic heterocycles. The van der Waals surface area contributed by atoms with Gasteiger partial charge in [0.25, 0.3) is 0 Å². The Labute approximate surface area is 84.8 Å². The van der Waals surface area contributed by atoms with Crippen LogP contribution in [0.15, 0.2) is 0 Å².